The Morgan fingerprint density at radius 2 is 1.90 bits per heavy atom. The number of ether oxygens (including phenoxy) is 1. The van der Waals surface area contributed by atoms with Gasteiger partial charge in [-0.1, -0.05) is 12.1 Å². The third-order valence-electron chi connectivity index (χ3n) is 2.89. The van der Waals surface area contributed by atoms with Crippen LogP contribution in [0.4, 0.5) is 4.39 Å². The molecule has 21 heavy (non-hydrogen) atoms. The minimum Gasteiger partial charge on any atom is -0.454 e. The van der Waals surface area contributed by atoms with E-state index in [1.54, 1.807) is 12.1 Å². The molecular formula is C15H14BrFN2O2. The zero-order valence-electron chi connectivity index (χ0n) is 11.1. The van der Waals surface area contributed by atoms with E-state index in [2.05, 4.69) is 15.9 Å². The molecule has 0 aromatic heterocycles. The fraction of sp³-hybridized carbons (Fsp3) is 0.133. The van der Waals surface area contributed by atoms with E-state index in [-0.39, 0.29) is 28.2 Å². The Morgan fingerprint density at radius 1 is 1.24 bits per heavy atom. The lowest BCUT2D eigenvalue weighted by atomic mass is 10.1. The molecule has 0 aliphatic rings. The van der Waals surface area contributed by atoms with Crippen molar-refractivity contribution in [3.63, 3.8) is 0 Å². The molecule has 2 rings (SSSR count). The third-order valence-corrected chi connectivity index (χ3v) is 3.66. The second-order valence-corrected chi connectivity index (χ2v) is 5.17. The first-order valence-corrected chi connectivity index (χ1v) is 7.02. The quantitative estimate of drug-likeness (QED) is 0.571. The van der Waals surface area contributed by atoms with Gasteiger partial charge in [-0.05, 0) is 52.2 Å². The zero-order chi connectivity index (χ0) is 15.4. The van der Waals surface area contributed by atoms with Crippen molar-refractivity contribution in [3.8, 4) is 11.5 Å². The Bertz CT molecular complexity index is 659. The summed E-state index contributed by atoms with van der Waals surface area (Å²) >= 11 is 3.07. The van der Waals surface area contributed by atoms with Crippen molar-refractivity contribution in [2.24, 2.45) is 5.73 Å². The summed E-state index contributed by atoms with van der Waals surface area (Å²) in [4.78, 5) is 0. The molecule has 0 spiro atoms. The van der Waals surface area contributed by atoms with E-state index >= 15 is 0 Å². The number of benzene rings is 2. The Balaban J connectivity index is 2.23. The molecule has 0 heterocycles. The van der Waals surface area contributed by atoms with E-state index in [1.807, 2.05) is 12.1 Å². The van der Waals surface area contributed by atoms with Crippen LogP contribution in [0, 0.1) is 11.2 Å². The summed E-state index contributed by atoms with van der Waals surface area (Å²) in [5.41, 5.74) is 6.60. The summed E-state index contributed by atoms with van der Waals surface area (Å²) in [5.74, 6) is -0.303. The summed E-state index contributed by atoms with van der Waals surface area (Å²) in [6.45, 7) is 0.0777. The molecule has 0 aliphatic heterocycles. The zero-order valence-corrected chi connectivity index (χ0v) is 12.7. The molecule has 2 aromatic rings. The minimum absolute atomic E-state index is 0.0433. The average Bonchev–Trinajstić information content (AvgIpc) is 2.46. The van der Waals surface area contributed by atoms with Gasteiger partial charge in [0.05, 0.1) is 4.47 Å². The summed E-state index contributed by atoms with van der Waals surface area (Å²) in [6.07, 6.45) is 0.563. The number of rotatable bonds is 5. The normalized spacial score (nSPS) is 10.4. The predicted octanol–water partition coefficient (Wildman–Crippen LogP) is 3.20. The highest BCUT2D eigenvalue weighted by Crippen LogP contribution is 2.31. The molecule has 0 fully saturated rings. The van der Waals surface area contributed by atoms with Gasteiger partial charge in [0, 0.05) is 12.2 Å². The standard InChI is InChI=1S/C15H14BrFN2O2/c16-13-11(15(18)19)5-6-12(14(13)17)21-10-3-1-9(2-4-10)7-8-20/h1-6,20H,7-8H2,(H3,18,19). The highest BCUT2D eigenvalue weighted by molar-refractivity contribution is 9.10. The van der Waals surface area contributed by atoms with E-state index in [0.29, 0.717) is 12.2 Å². The molecule has 0 saturated carbocycles. The van der Waals surface area contributed by atoms with Crippen LogP contribution in [0.3, 0.4) is 0 Å². The SMILES string of the molecule is N=C(N)c1ccc(Oc2ccc(CCO)cc2)c(F)c1Br. The fourth-order valence-electron chi connectivity index (χ4n) is 1.80. The van der Waals surface area contributed by atoms with Crippen LogP contribution in [0.1, 0.15) is 11.1 Å². The van der Waals surface area contributed by atoms with Crippen molar-refractivity contribution in [3.05, 3.63) is 57.8 Å². The highest BCUT2D eigenvalue weighted by atomic mass is 79.9. The number of amidine groups is 1. The van der Waals surface area contributed by atoms with Crippen molar-refractivity contribution in [2.45, 2.75) is 6.42 Å². The summed E-state index contributed by atoms with van der Waals surface area (Å²) in [5, 5.41) is 16.2. The van der Waals surface area contributed by atoms with Crippen molar-refractivity contribution >= 4 is 21.8 Å². The van der Waals surface area contributed by atoms with Gasteiger partial charge in [-0.3, -0.25) is 5.41 Å². The van der Waals surface area contributed by atoms with Gasteiger partial charge < -0.3 is 15.6 Å². The summed E-state index contributed by atoms with van der Waals surface area (Å²) in [7, 11) is 0. The monoisotopic (exact) mass is 352 g/mol. The van der Waals surface area contributed by atoms with Crippen molar-refractivity contribution in [2.75, 3.05) is 6.61 Å². The molecule has 0 atom stereocenters. The number of halogens is 2. The van der Waals surface area contributed by atoms with Crippen LogP contribution in [0.15, 0.2) is 40.9 Å². The van der Waals surface area contributed by atoms with Gasteiger partial charge in [-0.2, -0.15) is 0 Å². The third kappa shape index (κ3) is 3.59. The fourth-order valence-corrected chi connectivity index (χ4v) is 2.34. The Morgan fingerprint density at radius 3 is 2.48 bits per heavy atom. The molecule has 0 bridgehead atoms. The number of nitrogens with two attached hydrogens (primary N) is 1. The molecule has 2 aromatic carbocycles. The Hall–Kier alpha value is -1.92. The molecular weight excluding hydrogens is 339 g/mol. The lowest BCUT2D eigenvalue weighted by Crippen LogP contribution is -2.12. The molecule has 0 unspecified atom stereocenters. The number of nitrogens with one attached hydrogen (secondary N) is 1. The largest absolute Gasteiger partial charge is 0.454 e. The molecule has 0 amide bonds. The van der Waals surface area contributed by atoms with E-state index in [9.17, 15) is 4.39 Å². The van der Waals surface area contributed by atoms with Crippen LogP contribution in [0.5, 0.6) is 11.5 Å². The second-order valence-electron chi connectivity index (χ2n) is 4.37. The first-order valence-electron chi connectivity index (χ1n) is 6.23. The van der Waals surface area contributed by atoms with Crippen LogP contribution >= 0.6 is 15.9 Å². The minimum atomic E-state index is -0.609. The van der Waals surface area contributed by atoms with Gasteiger partial charge in [-0.15, -0.1) is 0 Å². The van der Waals surface area contributed by atoms with Gasteiger partial charge in [0.1, 0.15) is 11.6 Å². The number of aliphatic hydroxyl groups excluding tert-OH is 1. The lowest BCUT2D eigenvalue weighted by Gasteiger charge is -2.10. The number of aliphatic hydroxyl groups is 1. The van der Waals surface area contributed by atoms with Crippen LogP contribution in [0.25, 0.3) is 0 Å². The maximum Gasteiger partial charge on any atom is 0.180 e. The molecule has 110 valence electrons. The molecule has 4 nitrogen and oxygen atoms in total. The van der Waals surface area contributed by atoms with E-state index < -0.39 is 5.82 Å². The van der Waals surface area contributed by atoms with Gasteiger partial charge in [0.15, 0.2) is 11.6 Å². The predicted molar refractivity (Wildman–Crippen MR) is 82.4 cm³/mol. The van der Waals surface area contributed by atoms with Crippen LogP contribution in [0.2, 0.25) is 0 Å². The maximum atomic E-state index is 14.2. The van der Waals surface area contributed by atoms with Crippen molar-refractivity contribution in [1.82, 2.24) is 0 Å². The summed E-state index contributed by atoms with van der Waals surface area (Å²) in [6, 6.07) is 9.97. The topological polar surface area (TPSA) is 79.3 Å². The van der Waals surface area contributed by atoms with Gasteiger partial charge in [-0.25, -0.2) is 4.39 Å². The smallest absolute Gasteiger partial charge is 0.180 e. The molecule has 4 N–H and O–H groups in total. The van der Waals surface area contributed by atoms with Gasteiger partial charge in [0.25, 0.3) is 0 Å². The van der Waals surface area contributed by atoms with E-state index in [0.717, 1.165) is 5.56 Å². The Kier molecular flexibility index (Phi) is 4.93. The maximum absolute atomic E-state index is 14.2. The molecule has 0 radical (unpaired) electrons. The van der Waals surface area contributed by atoms with E-state index in [1.165, 1.54) is 12.1 Å². The van der Waals surface area contributed by atoms with Crippen LogP contribution in [-0.4, -0.2) is 17.5 Å². The second kappa shape index (κ2) is 6.69. The molecule has 0 saturated heterocycles. The van der Waals surface area contributed by atoms with Crippen molar-refractivity contribution < 1.29 is 14.2 Å². The van der Waals surface area contributed by atoms with Gasteiger partial charge >= 0.3 is 0 Å². The van der Waals surface area contributed by atoms with Gasteiger partial charge in [0.2, 0.25) is 0 Å². The summed E-state index contributed by atoms with van der Waals surface area (Å²) < 4.78 is 19.7. The van der Waals surface area contributed by atoms with E-state index in [4.69, 9.17) is 21.0 Å². The first-order chi connectivity index (χ1) is 10.0. The van der Waals surface area contributed by atoms with Crippen molar-refractivity contribution in [1.29, 1.82) is 5.41 Å². The molecule has 0 aliphatic carbocycles. The van der Waals surface area contributed by atoms with Crippen LogP contribution < -0.4 is 10.5 Å². The number of hydrogen-bond acceptors (Lipinski definition) is 3. The highest BCUT2D eigenvalue weighted by Gasteiger charge is 2.14. The molecule has 6 heteroatoms. The lowest BCUT2D eigenvalue weighted by molar-refractivity contribution is 0.299. The average molecular weight is 353 g/mol. The van der Waals surface area contributed by atoms with Crippen LogP contribution in [-0.2, 0) is 6.42 Å². The number of hydrogen-bond donors (Lipinski definition) is 3. The number of nitrogen functional groups attached to an aromatic ring is 1. The first kappa shape index (κ1) is 15.5. The Labute approximate surface area is 130 Å².